The Hall–Kier alpha value is -0.0800. The van der Waals surface area contributed by atoms with E-state index in [0.29, 0.717) is 5.41 Å². The van der Waals surface area contributed by atoms with Crippen molar-refractivity contribution in [1.29, 1.82) is 0 Å². The summed E-state index contributed by atoms with van der Waals surface area (Å²) in [4.78, 5) is 2.64. The van der Waals surface area contributed by atoms with Crippen LogP contribution < -0.4 is 5.32 Å². The lowest BCUT2D eigenvalue weighted by Crippen LogP contribution is -2.50. The highest BCUT2D eigenvalue weighted by Gasteiger charge is 2.39. The van der Waals surface area contributed by atoms with Gasteiger partial charge in [0.2, 0.25) is 0 Å². The van der Waals surface area contributed by atoms with E-state index in [4.69, 9.17) is 0 Å². The molecule has 3 rings (SSSR count). The fraction of sp³-hybridized carbons (Fsp3) is 1.00. The Bertz CT molecular complexity index is 275. The van der Waals surface area contributed by atoms with Crippen LogP contribution in [-0.4, -0.2) is 36.1 Å². The fourth-order valence-corrected chi connectivity index (χ4v) is 4.45. The van der Waals surface area contributed by atoms with Crippen LogP contribution in [-0.2, 0) is 0 Å². The molecule has 3 aliphatic rings. The zero-order valence-corrected chi connectivity index (χ0v) is 12.4. The van der Waals surface area contributed by atoms with Crippen molar-refractivity contribution in [2.24, 2.45) is 5.41 Å². The quantitative estimate of drug-likeness (QED) is 0.810. The van der Waals surface area contributed by atoms with Crippen molar-refractivity contribution in [3.05, 3.63) is 0 Å². The van der Waals surface area contributed by atoms with E-state index in [1.54, 1.807) is 0 Å². The van der Waals surface area contributed by atoms with Gasteiger partial charge in [0.25, 0.3) is 0 Å². The van der Waals surface area contributed by atoms with E-state index in [9.17, 15) is 0 Å². The van der Waals surface area contributed by atoms with E-state index < -0.39 is 0 Å². The lowest BCUT2D eigenvalue weighted by atomic mass is 9.75. The number of nitrogens with zero attached hydrogens (tertiary/aromatic N) is 1. The average Bonchev–Trinajstić information content (AvgIpc) is 2.55. The number of hydrogen-bond donors (Lipinski definition) is 1. The molecule has 2 nitrogen and oxygen atoms in total. The highest BCUT2D eigenvalue weighted by molar-refractivity contribution is 4.97. The standard InChI is InChI=1S/C16H30N2/c1-16(2)8-6-12(7-9-16)17-13-10-14-4-5-15(11-13)18(14)3/h12-15,17H,4-11H2,1-3H3. The Morgan fingerprint density at radius 3 is 2.00 bits per heavy atom. The molecule has 2 aliphatic heterocycles. The normalized spacial score (nSPS) is 41.2. The van der Waals surface area contributed by atoms with Gasteiger partial charge >= 0.3 is 0 Å². The fourth-order valence-electron chi connectivity index (χ4n) is 4.45. The summed E-state index contributed by atoms with van der Waals surface area (Å²) in [6, 6.07) is 3.37. The number of nitrogens with one attached hydrogen (secondary N) is 1. The minimum atomic E-state index is 0.601. The molecule has 3 fully saturated rings. The van der Waals surface area contributed by atoms with E-state index in [1.165, 1.54) is 51.4 Å². The zero-order valence-electron chi connectivity index (χ0n) is 12.4. The van der Waals surface area contributed by atoms with Crippen LogP contribution >= 0.6 is 0 Å². The molecule has 2 atom stereocenters. The summed E-state index contributed by atoms with van der Waals surface area (Å²) in [5, 5.41) is 3.99. The first-order chi connectivity index (χ1) is 8.53. The Morgan fingerprint density at radius 2 is 1.44 bits per heavy atom. The smallest absolute Gasteiger partial charge is 0.0111 e. The molecule has 0 aromatic rings. The van der Waals surface area contributed by atoms with Gasteiger partial charge in [-0.2, -0.15) is 0 Å². The highest BCUT2D eigenvalue weighted by atomic mass is 15.2. The van der Waals surface area contributed by atoms with Crippen molar-refractivity contribution in [3.63, 3.8) is 0 Å². The largest absolute Gasteiger partial charge is 0.311 e. The van der Waals surface area contributed by atoms with Gasteiger partial charge in [-0.3, -0.25) is 0 Å². The molecular weight excluding hydrogens is 220 g/mol. The Kier molecular flexibility index (Phi) is 3.44. The van der Waals surface area contributed by atoms with Crippen LogP contribution in [0.25, 0.3) is 0 Å². The predicted octanol–water partition coefficient (Wildman–Crippen LogP) is 3.17. The van der Waals surface area contributed by atoms with Gasteiger partial charge in [0.05, 0.1) is 0 Å². The SMILES string of the molecule is CN1C2CCC1CC(NC1CCC(C)(C)CC1)C2. The summed E-state index contributed by atoms with van der Waals surface area (Å²) in [5.41, 5.74) is 0.601. The van der Waals surface area contributed by atoms with Gasteiger partial charge in [-0.25, -0.2) is 0 Å². The third-order valence-corrected chi connectivity index (χ3v) is 5.91. The number of rotatable bonds is 2. The maximum atomic E-state index is 3.99. The third kappa shape index (κ3) is 2.60. The minimum Gasteiger partial charge on any atom is -0.311 e. The van der Waals surface area contributed by atoms with Crippen molar-refractivity contribution in [1.82, 2.24) is 10.2 Å². The molecule has 104 valence electrons. The molecule has 2 saturated heterocycles. The van der Waals surface area contributed by atoms with Crippen LogP contribution in [0.1, 0.15) is 65.2 Å². The van der Waals surface area contributed by atoms with E-state index >= 15 is 0 Å². The molecule has 2 heteroatoms. The van der Waals surface area contributed by atoms with Gasteiger partial charge in [-0.1, -0.05) is 13.8 Å². The minimum absolute atomic E-state index is 0.601. The third-order valence-electron chi connectivity index (χ3n) is 5.91. The maximum absolute atomic E-state index is 3.99. The maximum Gasteiger partial charge on any atom is 0.0111 e. The van der Waals surface area contributed by atoms with Gasteiger partial charge < -0.3 is 10.2 Å². The topological polar surface area (TPSA) is 15.3 Å². The van der Waals surface area contributed by atoms with Crippen molar-refractivity contribution < 1.29 is 0 Å². The van der Waals surface area contributed by atoms with Crippen molar-refractivity contribution >= 4 is 0 Å². The number of hydrogen-bond acceptors (Lipinski definition) is 2. The highest BCUT2D eigenvalue weighted by Crippen LogP contribution is 2.37. The van der Waals surface area contributed by atoms with Crippen LogP contribution in [0.5, 0.6) is 0 Å². The Labute approximate surface area is 113 Å². The average molecular weight is 250 g/mol. The summed E-state index contributed by atoms with van der Waals surface area (Å²) in [5.74, 6) is 0. The van der Waals surface area contributed by atoms with Crippen LogP contribution in [0.15, 0.2) is 0 Å². The van der Waals surface area contributed by atoms with Gasteiger partial charge in [-0.15, -0.1) is 0 Å². The molecule has 0 spiro atoms. The van der Waals surface area contributed by atoms with E-state index in [-0.39, 0.29) is 0 Å². The second-order valence-electron chi connectivity index (χ2n) is 7.82. The monoisotopic (exact) mass is 250 g/mol. The van der Waals surface area contributed by atoms with Crippen molar-refractivity contribution in [3.8, 4) is 0 Å². The van der Waals surface area contributed by atoms with Crippen LogP contribution in [0.2, 0.25) is 0 Å². The van der Waals surface area contributed by atoms with Gasteiger partial charge in [0, 0.05) is 24.2 Å². The molecule has 1 saturated carbocycles. The molecule has 0 aromatic heterocycles. The second kappa shape index (κ2) is 4.79. The molecule has 0 aromatic carbocycles. The molecular formula is C16H30N2. The van der Waals surface area contributed by atoms with Gasteiger partial charge in [-0.05, 0) is 63.8 Å². The number of fused-ring (bicyclic) bond motifs is 2. The molecule has 0 radical (unpaired) electrons. The molecule has 1 aliphatic carbocycles. The van der Waals surface area contributed by atoms with E-state index in [0.717, 1.165) is 24.2 Å². The summed E-state index contributed by atoms with van der Waals surface area (Å²) in [7, 11) is 2.34. The first-order valence-electron chi connectivity index (χ1n) is 8.01. The van der Waals surface area contributed by atoms with Crippen molar-refractivity contribution in [2.45, 2.75) is 89.4 Å². The molecule has 18 heavy (non-hydrogen) atoms. The predicted molar refractivity (Wildman–Crippen MR) is 76.8 cm³/mol. The van der Waals surface area contributed by atoms with Crippen LogP contribution in [0, 0.1) is 5.41 Å². The Morgan fingerprint density at radius 1 is 0.889 bits per heavy atom. The summed E-state index contributed by atoms with van der Waals surface area (Å²) in [6.45, 7) is 4.86. The molecule has 2 bridgehead atoms. The van der Waals surface area contributed by atoms with Gasteiger partial charge in [0.1, 0.15) is 0 Å². The zero-order chi connectivity index (χ0) is 12.8. The lowest BCUT2D eigenvalue weighted by molar-refractivity contribution is 0.128. The Balaban J connectivity index is 1.50. The van der Waals surface area contributed by atoms with Crippen molar-refractivity contribution in [2.75, 3.05) is 7.05 Å². The summed E-state index contributed by atoms with van der Waals surface area (Å²) >= 11 is 0. The second-order valence-corrected chi connectivity index (χ2v) is 7.82. The summed E-state index contributed by atoms with van der Waals surface area (Å²) in [6.07, 6.45) is 11.3. The first kappa shape index (κ1) is 12.9. The molecule has 1 N–H and O–H groups in total. The number of piperidine rings is 1. The molecule has 2 unspecified atom stereocenters. The lowest BCUT2D eigenvalue weighted by Gasteiger charge is -2.41. The van der Waals surface area contributed by atoms with E-state index in [2.05, 4.69) is 31.1 Å². The van der Waals surface area contributed by atoms with Crippen LogP contribution in [0.4, 0.5) is 0 Å². The van der Waals surface area contributed by atoms with E-state index in [1.807, 2.05) is 0 Å². The van der Waals surface area contributed by atoms with Gasteiger partial charge in [0.15, 0.2) is 0 Å². The molecule has 2 heterocycles. The first-order valence-corrected chi connectivity index (χ1v) is 8.01. The van der Waals surface area contributed by atoms with Crippen LogP contribution in [0.3, 0.4) is 0 Å². The summed E-state index contributed by atoms with van der Waals surface area (Å²) < 4.78 is 0. The molecule has 0 amide bonds.